The molecular weight excluding hydrogens is 318 g/mol. The van der Waals surface area contributed by atoms with E-state index in [-0.39, 0.29) is 17.4 Å². The number of sulfonamides is 1. The van der Waals surface area contributed by atoms with Crippen molar-refractivity contribution in [3.63, 3.8) is 0 Å². The number of methoxy groups -OCH3 is 1. The normalized spacial score (nSPS) is 14.5. The number of carboxylic acids is 1. The zero-order valence-electron chi connectivity index (χ0n) is 14.4. The van der Waals surface area contributed by atoms with E-state index in [0.29, 0.717) is 16.7 Å². The largest absolute Gasteiger partial charge is 0.481 e. The van der Waals surface area contributed by atoms with Crippen LogP contribution >= 0.6 is 0 Å². The summed E-state index contributed by atoms with van der Waals surface area (Å²) in [6, 6.07) is 1.30. The molecule has 7 heteroatoms. The fourth-order valence-electron chi connectivity index (χ4n) is 2.65. The first-order valence-corrected chi connectivity index (χ1v) is 8.86. The van der Waals surface area contributed by atoms with Gasteiger partial charge in [0.15, 0.2) is 0 Å². The minimum atomic E-state index is -3.77. The van der Waals surface area contributed by atoms with E-state index in [4.69, 9.17) is 9.84 Å². The first-order valence-electron chi connectivity index (χ1n) is 7.37. The molecule has 23 heavy (non-hydrogen) atoms. The monoisotopic (exact) mass is 343 g/mol. The average Bonchev–Trinajstić information content (AvgIpc) is 2.40. The van der Waals surface area contributed by atoms with Crippen molar-refractivity contribution >= 4 is 16.0 Å². The molecule has 0 unspecified atom stereocenters. The standard InChI is InChI=1S/C16H25NO5S/c1-9-7-10(2)16(11(3)14(9)8-15(18)19)23(20,21)17-12(4)13(5)22-6/h7,12-13,17H,8H2,1-6H3,(H,18,19)/t12-,13+/m0/s1. The first-order chi connectivity index (χ1) is 10.5. The summed E-state index contributed by atoms with van der Waals surface area (Å²) in [4.78, 5) is 11.2. The van der Waals surface area contributed by atoms with Gasteiger partial charge in [0.25, 0.3) is 0 Å². The molecule has 0 aliphatic carbocycles. The molecule has 0 aliphatic heterocycles. The van der Waals surface area contributed by atoms with E-state index in [0.717, 1.165) is 5.56 Å². The summed E-state index contributed by atoms with van der Waals surface area (Å²) >= 11 is 0. The second-order valence-electron chi connectivity index (χ2n) is 5.86. The zero-order chi connectivity index (χ0) is 17.9. The molecule has 0 bridgehead atoms. The lowest BCUT2D eigenvalue weighted by Crippen LogP contribution is -2.41. The van der Waals surface area contributed by atoms with Crippen LogP contribution < -0.4 is 4.72 Å². The second-order valence-corrected chi connectivity index (χ2v) is 7.52. The minimum Gasteiger partial charge on any atom is -0.481 e. The van der Waals surface area contributed by atoms with Crippen molar-refractivity contribution in [2.24, 2.45) is 0 Å². The van der Waals surface area contributed by atoms with Gasteiger partial charge in [0.05, 0.1) is 17.4 Å². The van der Waals surface area contributed by atoms with Crippen molar-refractivity contribution in [2.45, 2.75) is 58.1 Å². The molecule has 6 nitrogen and oxygen atoms in total. The van der Waals surface area contributed by atoms with Crippen LogP contribution in [0.25, 0.3) is 0 Å². The molecule has 1 aromatic rings. The van der Waals surface area contributed by atoms with Crippen LogP contribution in [-0.4, -0.2) is 38.7 Å². The van der Waals surface area contributed by atoms with Gasteiger partial charge in [0, 0.05) is 13.2 Å². The van der Waals surface area contributed by atoms with Crippen LogP contribution in [0, 0.1) is 20.8 Å². The number of rotatable bonds is 7. The number of aliphatic carboxylic acids is 1. The van der Waals surface area contributed by atoms with E-state index in [1.165, 1.54) is 7.11 Å². The van der Waals surface area contributed by atoms with Gasteiger partial charge in [-0.1, -0.05) is 6.07 Å². The highest BCUT2D eigenvalue weighted by molar-refractivity contribution is 7.89. The van der Waals surface area contributed by atoms with Gasteiger partial charge in [-0.15, -0.1) is 0 Å². The summed E-state index contributed by atoms with van der Waals surface area (Å²) in [5, 5.41) is 9.05. The lowest BCUT2D eigenvalue weighted by molar-refractivity contribution is -0.136. The van der Waals surface area contributed by atoms with Crippen LogP contribution in [0.1, 0.15) is 36.1 Å². The SMILES string of the molecule is CO[C@H](C)[C@H](C)NS(=O)(=O)c1c(C)cc(C)c(CC(=O)O)c1C. The topological polar surface area (TPSA) is 92.7 Å². The van der Waals surface area contributed by atoms with E-state index in [2.05, 4.69) is 4.72 Å². The van der Waals surface area contributed by atoms with Crippen LogP contribution in [0.5, 0.6) is 0 Å². The van der Waals surface area contributed by atoms with Gasteiger partial charge in [-0.2, -0.15) is 0 Å². The van der Waals surface area contributed by atoms with E-state index < -0.39 is 22.0 Å². The Morgan fingerprint density at radius 1 is 1.26 bits per heavy atom. The molecule has 0 heterocycles. The Balaban J connectivity index is 3.38. The van der Waals surface area contributed by atoms with Gasteiger partial charge in [-0.05, 0) is 56.9 Å². The third-order valence-corrected chi connectivity index (χ3v) is 5.92. The minimum absolute atomic E-state index is 0.148. The van der Waals surface area contributed by atoms with Gasteiger partial charge < -0.3 is 9.84 Å². The predicted octanol–water partition coefficient (Wildman–Crippen LogP) is 1.94. The Morgan fingerprint density at radius 2 is 1.83 bits per heavy atom. The van der Waals surface area contributed by atoms with Gasteiger partial charge in [0.1, 0.15) is 0 Å². The lowest BCUT2D eigenvalue weighted by atomic mass is 9.97. The maximum atomic E-state index is 12.7. The number of nitrogens with one attached hydrogen (secondary N) is 1. The Bertz CT molecular complexity index is 697. The first kappa shape index (κ1) is 19.6. The van der Waals surface area contributed by atoms with Crippen LogP contribution in [0.3, 0.4) is 0 Å². The Labute approximate surface area is 137 Å². The Morgan fingerprint density at radius 3 is 2.30 bits per heavy atom. The highest BCUT2D eigenvalue weighted by Crippen LogP contribution is 2.27. The molecule has 0 amide bonds. The van der Waals surface area contributed by atoms with Crippen LogP contribution in [0.2, 0.25) is 0 Å². The average molecular weight is 343 g/mol. The van der Waals surface area contributed by atoms with E-state index >= 15 is 0 Å². The Hall–Kier alpha value is -1.44. The number of ether oxygens (including phenoxy) is 1. The van der Waals surface area contributed by atoms with Gasteiger partial charge in [-0.3, -0.25) is 4.79 Å². The number of hydrogen-bond acceptors (Lipinski definition) is 4. The van der Waals surface area contributed by atoms with Gasteiger partial charge in [0.2, 0.25) is 10.0 Å². The highest BCUT2D eigenvalue weighted by atomic mass is 32.2. The predicted molar refractivity (Wildman–Crippen MR) is 88.2 cm³/mol. The molecule has 2 atom stereocenters. The van der Waals surface area contributed by atoms with Crippen molar-refractivity contribution in [3.05, 3.63) is 28.3 Å². The molecule has 0 saturated heterocycles. The van der Waals surface area contributed by atoms with Gasteiger partial charge >= 0.3 is 5.97 Å². The van der Waals surface area contributed by atoms with Crippen LogP contribution in [0.15, 0.2) is 11.0 Å². The van der Waals surface area contributed by atoms with Crippen molar-refractivity contribution in [1.82, 2.24) is 4.72 Å². The van der Waals surface area contributed by atoms with Crippen LogP contribution in [0.4, 0.5) is 0 Å². The maximum Gasteiger partial charge on any atom is 0.307 e. The molecule has 130 valence electrons. The zero-order valence-corrected chi connectivity index (χ0v) is 15.2. The number of carboxylic acid groups (broad SMARTS) is 1. The maximum absolute atomic E-state index is 12.7. The van der Waals surface area contributed by atoms with Crippen molar-refractivity contribution in [2.75, 3.05) is 7.11 Å². The summed E-state index contributed by atoms with van der Waals surface area (Å²) in [6.07, 6.45) is -0.487. The number of carbonyl (C=O) groups is 1. The fourth-order valence-corrected chi connectivity index (χ4v) is 4.45. The summed E-state index contributed by atoms with van der Waals surface area (Å²) in [6.45, 7) is 8.65. The summed E-state index contributed by atoms with van der Waals surface area (Å²) < 4.78 is 33.2. The summed E-state index contributed by atoms with van der Waals surface area (Å²) in [5.41, 5.74) is 2.39. The number of hydrogen-bond donors (Lipinski definition) is 2. The fraction of sp³-hybridized carbons (Fsp3) is 0.562. The Kier molecular flexibility index (Phi) is 6.33. The van der Waals surface area contributed by atoms with Crippen molar-refractivity contribution in [3.8, 4) is 0 Å². The summed E-state index contributed by atoms with van der Waals surface area (Å²) in [5.74, 6) is -0.988. The van der Waals surface area contributed by atoms with Crippen molar-refractivity contribution < 1.29 is 23.1 Å². The molecule has 0 aromatic heterocycles. The molecule has 1 aromatic carbocycles. The molecule has 0 aliphatic rings. The molecule has 2 N–H and O–H groups in total. The highest BCUT2D eigenvalue weighted by Gasteiger charge is 2.26. The van der Waals surface area contributed by atoms with Gasteiger partial charge in [-0.25, -0.2) is 13.1 Å². The van der Waals surface area contributed by atoms with Crippen LogP contribution in [-0.2, 0) is 26.0 Å². The van der Waals surface area contributed by atoms with Crippen molar-refractivity contribution in [1.29, 1.82) is 0 Å². The number of aryl methyl sites for hydroxylation is 2. The molecule has 0 fully saturated rings. The lowest BCUT2D eigenvalue weighted by Gasteiger charge is -2.22. The van der Waals surface area contributed by atoms with E-state index in [1.54, 1.807) is 40.7 Å². The summed E-state index contributed by atoms with van der Waals surface area (Å²) in [7, 11) is -2.26. The smallest absolute Gasteiger partial charge is 0.307 e. The molecule has 0 spiro atoms. The number of benzene rings is 1. The quantitative estimate of drug-likeness (QED) is 0.789. The van der Waals surface area contributed by atoms with E-state index in [9.17, 15) is 13.2 Å². The molecule has 0 radical (unpaired) electrons. The molecule has 0 saturated carbocycles. The molecular formula is C16H25NO5S. The third-order valence-electron chi connectivity index (χ3n) is 4.07. The molecule has 1 rings (SSSR count). The van der Waals surface area contributed by atoms with E-state index in [1.807, 2.05) is 0 Å². The third kappa shape index (κ3) is 4.53. The second kappa shape index (κ2) is 7.42.